The molecule has 0 spiro atoms. The van der Waals surface area contributed by atoms with E-state index in [0.717, 1.165) is 52.9 Å². The maximum Gasteiger partial charge on any atom is 0.125 e. The first kappa shape index (κ1) is 18.7. The number of aliphatic hydroxyl groups is 2. The van der Waals surface area contributed by atoms with Crippen molar-refractivity contribution in [1.82, 2.24) is 4.90 Å². The van der Waals surface area contributed by atoms with Gasteiger partial charge in [0.2, 0.25) is 0 Å². The van der Waals surface area contributed by atoms with E-state index in [-0.39, 0.29) is 13.2 Å². The van der Waals surface area contributed by atoms with Crippen LogP contribution in [0.1, 0.15) is 35.1 Å². The Bertz CT molecular complexity index is 1020. The molecule has 0 aromatic heterocycles. The minimum absolute atomic E-state index is 0.0723. The lowest BCUT2D eigenvalue weighted by Gasteiger charge is -2.33. The lowest BCUT2D eigenvalue weighted by molar-refractivity contribution is 0.229. The van der Waals surface area contributed by atoms with Crippen LogP contribution in [0.5, 0.6) is 11.5 Å². The normalized spacial score (nSPS) is 18.8. The molecule has 0 bridgehead atoms. The molecule has 5 nitrogen and oxygen atoms in total. The van der Waals surface area contributed by atoms with Crippen molar-refractivity contribution in [2.75, 3.05) is 20.8 Å². The summed E-state index contributed by atoms with van der Waals surface area (Å²) in [7, 11) is 3.31. The lowest BCUT2D eigenvalue weighted by Crippen LogP contribution is -2.35. The van der Waals surface area contributed by atoms with Crippen LogP contribution < -0.4 is 9.47 Å². The van der Waals surface area contributed by atoms with Gasteiger partial charge in [-0.3, -0.25) is 4.90 Å². The van der Waals surface area contributed by atoms with Crippen LogP contribution in [0, 0.1) is 0 Å². The van der Waals surface area contributed by atoms with Crippen LogP contribution in [-0.4, -0.2) is 41.9 Å². The van der Waals surface area contributed by atoms with Crippen molar-refractivity contribution in [3.8, 4) is 11.5 Å². The second kappa shape index (κ2) is 7.17. The number of methoxy groups -OCH3 is 2. The Labute approximate surface area is 170 Å². The minimum atomic E-state index is -0.0745. The molecular formula is C24H27NO4. The third-order valence-electron chi connectivity index (χ3n) is 6.79. The number of fused-ring (bicyclic) bond motifs is 7. The highest BCUT2D eigenvalue weighted by Crippen LogP contribution is 2.43. The summed E-state index contributed by atoms with van der Waals surface area (Å²) in [5.74, 6) is 1.45. The molecule has 29 heavy (non-hydrogen) atoms. The van der Waals surface area contributed by atoms with Crippen molar-refractivity contribution >= 4 is 21.5 Å². The monoisotopic (exact) mass is 393 g/mol. The van der Waals surface area contributed by atoms with Gasteiger partial charge in [-0.2, -0.15) is 0 Å². The first-order chi connectivity index (χ1) is 14.2. The molecule has 0 amide bonds. The Morgan fingerprint density at radius 1 is 0.862 bits per heavy atom. The molecule has 152 valence electrons. The van der Waals surface area contributed by atoms with E-state index >= 15 is 0 Å². The van der Waals surface area contributed by atoms with Gasteiger partial charge in [0.25, 0.3) is 0 Å². The van der Waals surface area contributed by atoms with Crippen LogP contribution in [-0.2, 0) is 26.2 Å². The Morgan fingerprint density at radius 2 is 1.45 bits per heavy atom. The average molecular weight is 393 g/mol. The van der Waals surface area contributed by atoms with Crippen molar-refractivity contribution < 1.29 is 19.7 Å². The molecule has 2 aliphatic heterocycles. The van der Waals surface area contributed by atoms with Gasteiger partial charge < -0.3 is 19.7 Å². The number of nitrogens with zero attached hydrogens (tertiary/aromatic N) is 1. The maximum absolute atomic E-state index is 9.88. The Hall–Kier alpha value is -2.34. The maximum atomic E-state index is 9.88. The zero-order chi connectivity index (χ0) is 20.1. The molecule has 0 radical (unpaired) electrons. The van der Waals surface area contributed by atoms with Crippen molar-refractivity contribution in [3.05, 3.63) is 46.5 Å². The van der Waals surface area contributed by atoms with Crippen LogP contribution in [0.25, 0.3) is 21.5 Å². The Kier molecular flexibility index (Phi) is 4.62. The summed E-state index contributed by atoms with van der Waals surface area (Å²) in [6, 6.07) is 8.86. The molecule has 2 heterocycles. The molecule has 1 fully saturated rings. The number of hydrogen-bond donors (Lipinski definition) is 2. The fourth-order valence-corrected chi connectivity index (χ4v) is 5.33. The van der Waals surface area contributed by atoms with Gasteiger partial charge >= 0.3 is 0 Å². The van der Waals surface area contributed by atoms with Gasteiger partial charge in [-0.05, 0) is 82.7 Å². The Morgan fingerprint density at radius 3 is 2.00 bits per heavy atom. The van der Waals surface area contributed by atoms with E-state index in [9.17, 15) is 10.2 Å². The second-order valence-electron chi connectivity index (χ2n) is 8.16. The third-order valence-corrected chi connectivity index (χ3v) is 6.79. The standard InChI is InChI=1S/C24H27NO4/c1-28-23-9-20-17(6-14(23)12-26)18-7-15(13-27)24(29-2)10-21(18)22-11-25-5-3-4-16(25)8-19(20)22/h6-7,9-10,16,26-27H,3-5,8,11-13H2,1-2H3. The summed E-state index contributed by atoms with van der Waals surface area (Å²) < 4.78 is 11.2. The molecule has 3 aromatic rings. The lowest BCUT2D eigenvalue weighted by atomic mass is 9.84. The van der Waals surface area contributed by atoms with Crippen LogP contribution in [0.3, 0.4) is 0 Å². The fourth-order valence-electron chi connectivity index (χ4n) is 5.33. The molecule has 1 atom stereocenters. The molecule has 0 saturated carbocycles. The Balaban J connectivity index is 1.90. The van der Waals surface area contributed by atoms with E-state index in [2.05, 4.69) is 17.0 Å². The SMILES string of the molecule is COc1cc2c3c(c4cc(OC)c(CO)cc4c2cc1CO)CN1CCCC1C3. The minimum Gasteiger partial charge on any atom is -0.496 e. The molecule has 3 aromatic carbocycles. The van der Waals surface area contributed by atoms with Gasteiger partial charge in [-0.25, -0.2) is 0 Å². The highest BCUT2D eigenvalue weighted by molar-refractivity contribution is 6.12. The predicted octanol–water partition coefficient (Wildman–Crippen LogP) is 3.52. The van der Waals surface area contributed by atoms with E-state index < -0.39 is 0 Å². The molecule has 0 aliphatic carbocycles. The summed E-state index contributed by atoms with van der Waals surface area (Å²) in [4.78, 5) is 2.60. The van der Waals surface area contributed by atoms with Crippen LogP contribution >= 0.6 is 0 Å². The summed E-state index contributed by atoms with van der Waals surface area (Å²) in [5.41, 5.74) is 4.29. The summed E-state index contributed by atoms with van der Waals surface area (Å²) in [6.07, 6.45) is 3.54. The fraction of sp³-hybridized carbons (Fsp3) is 0.417. The summed E-state index contributed by atoms with van der Waals surface area (Å²) in [6.45, 7) is 1.95. The van der Waals surface area contributed by atoms with Crippen LogP contribution in [0.15, 0.2) is 24.3 Å². The molecular weight excluding hydrogens is 366 g/mol. The van der Waals surface area contributed by atoms with Crippen molar-refractivity contribution in [1.29, 1.82) is 0 Å². The average Bonchev–Trinajstić information content (AvgIpc) is 3.23. The molecule has 2 N–H and O–H groups in total. The van der Waals surface area contributed by atoms with E-state index in [1.165, 1.54) is 34.7 Å². The van der Waals surface area contributed by atoms with E-state index in [0.29, 0.717) is 6.04 Å². The van der Waals surface area contributed by atoms with E-state index in [4.69, 9.17) is 9.47 Å². The van der Waals surface area contributed by atoms with E-state index in [1.54, 1.807) is 14.2 Å². The zero-order valence-corrected chi connectivity index (χ0v) is 17.0. The van der Waals surface area contributed by atoms with Crippen LogP contribution in [0.4, 0.5) is 0 Å². The molecule has 1 unspecified atom stereocenters. The van der Waals surface area contributed by atoms with Gasteiger partial charge in [0.1, 0.15) is 11.5 Å². The highest BCUT2D eigenvalue weighted by atomic mass is 16.5. The van der Waals surface area contributed by atoms with Crippen molar-refractivity contribution in [2.45, 2.75) is 45.1 Å². The second-order valence-corrected chi connectivity index (χ2v) is 8.16. The smallest absolute Gasteiger partial charge is 0.125 e. The molecule has 2 aliphatic rings. The van der Waals surface area contributed by atoms with Crippen LogP contribution in [0.2, 0.25) is 0 Å². The zero-order valence-electron chi connectivity index (χ0n) is 17.0. The number of rotatable bonds is 4. The largest absolute Gasteiger partial charge is 0.496 e. The summed E-state index contributed by atoms with van der Waals surface area (Å²) >= 11 is 0. The number of aliphatic hydroxyl groups excluding tert-OH is 2. The van der Waals surface area contributed by atoms with Gasteiger partial charge in [0.15, 0.2) is 0 Å². The van der Waals surface area contributed by atoms with E-state index in [1.807, 2.05) is 12.1 Å². The molecule has 5 heteroatoms. The summed E-state index contributed by atoms with van der Waals surface area (Å²) in [5, 5.41) is 24.3. The first-order valence-corrected chi connectivity index (χ1v) is 10.3. The predicted molar refractivity (Wildman–Crippen MR) is 114 cm³/mol. The van der Waals surface area contributed by atoms with Crippen molar-refractivity contribution in [2.24, 2.45) is 0 Å². The number of hydrogen-bond acceptors (Lipinski definition) is 5. The van der Waals surface area contributed by atoms with Crippen molar-refractivity contribution in [3.63, 3.8) is 0 Å². The number of ether oxygens (including phenoxy) is 2. The molecule has 5 rings (SSSR count). The van der Waals surface area contributed by atoms with Gasteiger partial charge in [0.05, 0.1) is 27.4 Å². The quantitative estimate of drug-likeness (QED) is 0.664. The number of benzene rings is 3. The topological polar surface area (TPSA) is 62.2 Å². The third kappa shape index (κ3) is 2.80. The van der Waals surface area contributed by atoms with Gasteiger partial charge in [-0.1, -0.05) is 0 Å². The first-order valence-electron chi connectivity index (χ1n) is 10.3. The highest BCUT2D eigenvalue weighted by Gasteiger charge is 2.32. The van der Waals surface area contributed by atoms with Gasteiger partial charge in [0, 0.05) is 23.7 Å². The van der Waals surface area contributed by atoms with Gasteiger partial charge in [-0.15, -0.1) is 0 Å². The molecule has 1 saturated heterocycles.